The first-order valence-corrected chi connectivity index (χ1v) is 9.05. The molecule has 0 spiro atoms. The van der Waals surface area contributed by atoms with Gasteiger partial charge in [-0.1, -0.05) is 24.3 Å². The second kappa shape index (κ2) is 8.61. The molecule has 0 fully saturated rings. The molecule has 0 bridgehead atoms. The van der Waals surface area contributed by atoms with E-state index in [1.807, 2.05) is 36.4 Å². The van der Waals surface area contributed by atoms with Crippen LogP contribution in [-0.4, -0.2) is 25.6 Å². The second-order valence-corrected chi connectivity index (χ2v) is 6.61. The largest absolute Gasteiger partial charge is 0.497 e. The highest BCUT2D eigenvalue weighted by molar-refractivity contribution is 5.87. The van der Waals surface area contributed by atoms with Gasteiger partial charge in [-0.3, -0.25) is 9.59 Å². The molecule has 3 rings (SSSR count). The molecule has 1 heterocycles. The number of nitrogens with one attached hydrogen (secondary N) is 1. The molecular formula is C22H23NO5. The lowest BCUT2D eigenvalue weighted by Crippen LogP contribution is -2.31. The smallest absolute Gasteiger partial charge is 0.313 e. The first kappa shape index (κ1) is 19.5. The van der Waals surface area contributed by atoms with E-state index in [9.17, 15) is 9.59 Å². The van der Waals surface area contributed by atoms with Gasteiger partial charge in [0, 0.05) is 0 Å². The van der Waals surface area contributed by atoms with Gasteiger partial charge in [0.05, 0.1) is 25.3 Å². The number of fused-ring (bicyclic) bond motifs is 1. The summed E-state index contributed by atoms with van der Waals surface area (Å²) in [5.41, 5.74) is 0.826. The van der Waals surface area contributed by atoms with Gasteiger partial charge in [0.1, 0.15) is 11.5 Å². The highest BCUT2D eigenvalue weighted by Crippen LogP contribution is 2.25. The molecule has 2 aromatic carbocycles. The van der Waals surface area contributed by atoms with Crippen LogP contribution in [0.1, 0.15) is 37.1 Å². The third-order valence-corrected chi connectivity index (χ3v) is 4.62. The van der Waals surface area contributed by atoms with E-state index in [2.05, 4.69) is 5.32 Å². The van der Waals surface area contributed by atoms with Crippen LogP contribution in [0.25, 0.3) is 10.8 Å². The Bertz CT molecular complexity index is 964. The Morgan fingerprint density at radius 3 is 2.54 bits per heavy atom. The Balaban J connectivity index is 1.58. The second-order valence-electron chi connectivity index (χ2n) is 6.61. The molecule has 6 nitrogen and oxygen atoms in total. The van der Waals surface area contributed by atoms with Crippen molar-refractivity contribution in [1.29, 1.82) is 0 Å². The molecule has 0 saturated heterocycles. The van der Waals surface area contributed by atoms with Crippen molar-refractivity contribution in [3.05, 3.63) is 66.1 Å². The molecule has 0 saturated carbocycles. The number of furan rings is 1. The Morgan fingerprint density at radius 2 is 1.82 bits per heavy atom. The minimum absolute atomic E-state index is 0.295. The van der Waals surface area contributed by atoms with Crippen LogP contribution in [0.5, 0.6) is 5.75 Å². The number of amides is 1. The summed E-state index contributed by atoms with van der Waals surface area (Å²) >= 11 is 0. The van der Waals surface area contributed by atoms with Crippen molar-refractivity contribution in [2.24, 2.45) is 0 Å². The maximum atomic E-state index is 12.4. The maximum absolute atomic E-state index is 12.4. The zero-order valence-electron chi connectivity index (χ0n) is 16.1. The summed E-state index contributed by atoms with van der Waals surface area (Å²) in [5, 5.41) is 4.76. The first-order valence-electron chi connectivity index (χ1n) is 9.05. The SMILES string of the molecule is COc1ccc2cc([C@H](C)C(=O)OCC(=O)N[C@@H](C)c3ccco3)ccc2c1. The molecule has 3 aromatic rings. The average molecular weight is 381 g/mol. The van der Waals surface area contributed by atoms with Crippen molar-refractivity contribution in [2.45, 2.75) is 25.8 Å². The van der Waals surface area contributed by atoms with Crippen molar-refractivity contribution >= 4 is 22.6 Å². The van der Waals surface area contributed by atoms with E-state index >= 15 is 0 Å². The fourth-order valence-electron chi connectivity index (χ4n) is 2.93. The number of methoxy groups -OCH3 is 1. The summed E-state index contributed by atoms with van der Waals surface area (Å²) in [6.07, 6.45) is 1.54. The topological polar surface area (TPSA) is 77.8 Å². The molecule has 0 aliphatic heterocycles. The van der Waals surface area contributed by atoms with Gasteiger partial charge in [-0.05, 0) is 54.4 Å². The molecule has 1 aromatic heterocycles. The van der Waals surface area contributed by atoms with Crippen LogP contribution in [-0.2, 0) is 14.3 Å². The maximum Gasteiger partial charge on any atom is 0.313 e. The van der Waals surface area contributed by atoms with Gasteiger partial charge in [-0.15, -0.1) is 0 Å². The molecule has 6 heteroatoms. The summed E-state index contributed by atoms with van der Waals surface area (Å²) in [6, 6.07) is 14.7. The fourth-order valence-corrected chi connectivity index (χ4v) is 2.93. The molecule has 0 aliphatic rings. The zero-order chi connectivity index (χ0) is 20.1. The average Bonchev–Trinajstić information content (AvgIpc) is 3.25. The molecule has 0 unspecified atom stereocenters. The standard InChI is InChI=1S/C22H23NO5/c1-14(16-6-7-18-12-19(26-3)9-8-17(18)11-16)22(25)28-13-21(24)23-15(2)20-5-4-10-27-20/h4-12,14-15H,13H2,1-3H3,(H,23,24)/t14-,15-/m0/s1. The Hall–Kier alpha value is -3.28. The van der Waals surface area contributed by atoms with Gasteiger partial charge in [0.2, 0.25) is 0 Å². The summed E-state index contributed by atoms with van der Waals surface area (Å²) in [4.78, 5) is 24.4. The zero-order valence-corrected chi connectivity index (χ0v) is 16.1. The molecule has 2 atom stereocenters. The van der Waals surface area contributed by atoms with Crippen LogP contribution in [0.2, 0.25) is 0 Å². The van der Waals surface area contributed by atoms with Crippen molar-refractivity contribution in [2.75, 3.05) is 13.7 Å². The van der Waals surface area contributed by atoms with E-state index in [-0.39, 0.29) is 18.6 Å². The van der Waals surface area contributed by atoms with Crippen LogP contribution in [0.4, 0.5) is 0 Å². The Labute approximate surface area is 163 Å². The molecular weight excluding hydrogens is 358 g/mol. The van der Waals surface area contributed by atoms with Crippen LogP contribution < -0.4 is 10.1 Å². The minimum Gasteiger partial charge on any atom is -0.497 e. The van der Waals surface area contributed by atoms with Crippen LogP contribution >= 0.6 is 0 Å². The Kier molecular flexibility index (Phi) is 5.99. The lowest BCUT2D eigenvalue weighted by molar-refractivity contribution is -0.149. The minimum atomic E-state index is -0.484. The number of esters is 1. The van der Waals surface area contributed by atoms with E-state index in [0.717, 1.165) is 22.1 Å². The van der Waals surface area contributed by atoms with Crippen LogP contribution in [0.3, 0.4) is 0 Å². The lowest BCUT2D eigenvalue weighted by Gasteiger charge is -2.14. The van der Waals surface area contributed by atoms with Gasteiger partial charge in [-0.2, -0.15) is 0 Å². The quantitative estimate of drug-likeness (QED) is 0.627. The lowest BCUT2D eigenvalue weighted by atomic mass is 9.98. The number of carbonyl (C=O) groups excluding carboxylic acids is 2. The molecule has 0 aliphatic carbocycles. The monoisotopic (exact) mass is 381 g/mol. The number of rotatable bonds is 7. The van der Waals surface area contributed by atoms with Crippen LogP contribution in [0.15, 0.2) is 59.2 Å². The molecule has 0 radical (unpaired) electrons. The first-order chi connectivity index (χ1) is 13.5. The van der Waals surface area contributed by atoms with Gasteiger partial charge in [0.15, 0.2) is 6.61 Å². The Morgan fingerprint density at radius 1 is 1.07 bits per heavy atom. The predicted molar refractivity (Wildman–Crippen MR) is 105 cm³/mol. The summed E-state index contributed by atoms with van der Waals surface area (Å²) in [5.74, 6) is 0.105. The normalized spacial score (nSPS) is 13.0. The third kappa shape index (κ3) is 4.52. The fraction of sp³-hybridized carbons (Fsp3) is 0.273. The highest BCUT2D eigenvalue weighted by Gasteiger charge is 2.19. The van der Waals surface area contributed by atoms with E-state index in [4.69, 9.17) is 13.9 Å². The van der Waals surface area contributed by atoms with Crippen LogP contribution in [0, 0.1) is 0 Å². The summed E-state index contributed by atoms with van der Waals surface area (Å²) < 4.78 is 15.6. The predicted octanol–water partition coefficient (Wildman–Crippen LogP) is 3.97. The van der Waals surface area contributed by atoms with Gasteiger partial charge in [0.25, 0.3) is 5.91 Å². The van der Waals surface area contributed by atoms with Crippen molar-refractivity contribution in [1.82, 2.24) is 5.32 Å². The van der Waals surface area contributed by atoms with Crippen molar-refractivity contribution in [3.63, 3.8) is 0 Å². The molecule has 28 heavy (non-hydrogen) atoms. The summed E-state index contributed by atoms with van der Waals surface area (Å²) in [6.45, 7) is 3.22. The molecule has 146 valence electrons. The summed E-state index contributed by atoms with van der Waals surface area (Å²) in [7, 11) is 1.62. The van der Waals surface area contributed by atoms with E-state index in [1.165, 1.54) is 0 Å². The number of ether oxygens (including phenoxy) is 2. The van der Waals surface area contributed by atoms with Gasteiger partial charge >= 0.3 is 5.97 Å². The highest BCUT2D eigenvalue weighted by atomic mass is 16.5. The number of carbonyl (C=O) groups is 2. The number of hydrogen-bond acceptors (Lipinski definition) is 5. The van der Waals surface area contributed by atoms with Gasteiger partial charge in [-0.25, -0.2) is 0 Å². The molecule has 1 amide bonds. The third-order valence-electron chi connectivity index (χ3n) is 4.62. The van der Waals surface area contributed by atoms with E-state index in [0.29, 0.717) is 5.76 Å². The molecule has 1 N–H and O–H groups in total. The van der Waals surface area contributed by atoms with Gasteiger partial charge < -0.3 is 19.2 Å². The van der Waals surface area contributed by atoms with E-state index in [1.54, 1.807) is 39.4 Å². The van der Waals surface area contributed by atoms with E-state index < -0.39 is 11.9 Å². The number of hydrogen-bond donors (Lipinski definition) is 1. The van der Waals surface area contributed by atoms with Crippen molar-refractivity contribution < 1.29 is 23.5 Å². The number of benzene rings is 2. The van der Waals surface area contributed by atoms with Crippen molar-refractivity contribution in [3.8, 4) is 5.75 Å².